The van der Waals surface area contributed by atoms with E-state index in [-0.39, 0.29) is 11.9 Å². The summed E-state index contributed by atoms with van der Waals surface area (Å²) in [4.78, 5) is 27.3. The smallest absolute Gasteiger partial charge is 0.275 e. The highest BCUT2D eigenvalue weighted by Crippen LogP contribution is 2.34. The van der Waals surface area contributed by atoms with Crippen LogP contribution in [0.25, 0.3) is 0 Å². The van der Waals surface area contributed by atoms with Crippen molar-refractivity contribution in [2.45, 2.75) is 38.1 Å². The predicted octanol–water partition coefficient (Wildman–Crippen LogP) is 2.19. The second-order valence-corrected chi connectivity index (χ2v) is 6.94. The molecular formula is C19H20N6O. The number of aromatic nitrogens is 5. The Balaban J connectivity index is 1.57. The molecule has 1 aliphatic carbocycles. The minimum atomic E-state index is -0.234. The predicted molar refractivity (Wildman–Crippen MR) is 94.6 cm³/mol. The lowest BCUT2D eigenvalue weighted by molar-refractivity contribution is 0.0683. The third-order valence-corrected chi connectivity index (χ3v) is 5.44. The molecule has 0 saturated carbocycles. The molecule has 0 bridgehead atoms. The minimum absolute atomic E-state index is 0.0214. The van der Waals surface area contributed by atoms with Crippen molar-refractivity contribution in [3.63, 3.8) is 0 Å². The summed E-state index contributed by atoms with van der Waals surface area (Å²) in [5, 5.41) is 7.47. The van der Waals surface area contributed by atoms with Gasteiger partial charge in [0.1, 0.15) is 6.04 Å². The van der Waals surface area contributed by atoms with Crippen molar-refractivity contribution >= 4 is 5.91 Å². The summed E-state index contributed by atoms with van der Waals surface area (Å²) >= 11 is 0. The van der Waals surface area contributed by atoms with Crippen LogP contribution in [0, 0.1) is 0 Å². The molecule has 3 aromatic rings. The number of carbonyl (C=O) groups excluding carboxylic acids is 1. The highest BCUT2D eigenvalue weighted by molar-refractivity contribution is 5.94. The summed E-state index contributed by atoms with van der Waals surface area (Å²) in [6.07, 6.45) is 10.2. The van der Waals surface area contributed by atoms with Gasteiger partial charge in [0.25, 0.3) is 5.91 Å². The summed E-state index contributed by atoms with van der Waals surface area (Å²) in [7, 11) is 0. The Labute approximate surface area is 150 Å². The first kappa shape index (κ1) is 15.3. The Bertz CT molecular complexity index is 944. The molecule has 3 aromatic heterocycles. The molecule has 1 atom stereocenters. The molecule has 1 amide bonds. The fraction of sp³-hybridized carbons (Fsp3) is 0.368. The normalized spacial score (nSPS) is 19.1. The second-order valence-electron chi connectivity index (χ2n) is 6.94. The fourth-order valence-corrected chi connectivity index (χ4v) is 4.16. The van der Waals surface area contributed by atoms with E-state index >= 15 is 0 Å². The highest BCUT2D eigenvalue weighted by Gasteiger charge is 2.36. The Morgan fingerprint density at radius 3 is 3.00 bits per heavy atom. The molecule has 0 fully saturated rings. The number of amides is 1. The SMILES string of the molecule is O=C(c1n[nH]c2c1CCCC2)N1CCc2[nH]cnc2[C@H]1c1cccnc1. The molecule has 132 valence electrons. The Kier molecular flexibility index (Phi) is 3.58. The number of H-pyrrole nitrogens is 2. The van der Waals surface area contributed by atoms with Crippen molar-refractivity contribution < 1.29 is 4.79 Å². The first-order valence-corrected chi connectivity index (χ1v) is 9.12. The Hall–Kier alpha value is -2.96. The van der Waals surface area contributed by atoms with Crippen LogP contribution in [0.15, 0.2) is 30.9 Å². The molecule has 26 heavy (non-hydrogen) atoms. The summed E-state index contributed by atoms with van der Waals surface area (Å²) in [5.41, 5.74) is 5.76. The lowest BCUT2D eigenvalue weighted by atomic mass is 9.93. The number of nitrogens with zero attached hydrogens (tertiary/aromatic N) is 4. The topological polar surface area (TPSA) is 90.6 Å². The molecule has 0 aromatic carbocycles. The number of hydrogen-bond donors (Lipinski definition) is 2. The largest absolute Gasteiger partial charge is 0.348 e. The molecule has 0 saturated heterocycles. The first-order chi connectivity index (χ1) is 12.8. The number of nitrogens with one attached hydrogen (secondary N) is 2. The van der Waals surface area contributed by atoms with E-state index in [4.69, 9.17) is 0 Å². The molecular weight excluding hydrogens is 328 g/mol. The maximum atomic E-state index is 13.4. The molecule has 5 rings (SSSR count). The van der Waals surface area contributed by atoms with Crippen LogP contribution in [-0.4, -0.2) is 42.5 Å². The van der Waals surface area contributed by atoms with Gasteiger partial charge in [-0.1, -0.05) is 6.07 Å². The summed E-state index contributed by atoms with van der Waals surface area (Å²) in [6.45, 7) is 0.634. The Morgan fingerprint density at radius 2 is 2.12 bits per heavy atom. The van der Waals surface area contributed by atoms with Gasteiger partial charge in [-0.25, -0.2) is 4.98 Å². The van der Waals surface area contributed by atoms with Crippen molar-refractivity contribution in [2.24, 2.45) is 0 Å². The van der Waals surface area contributed by atoms with Crippen LogP contribution in [-0.2, 0) is 19.3 Å². The van der Waals surface area contributed by atoms with Crippen molar-refractivity contribution in [1.29, 1.82) is 0 Å². The molecule has 7 heteroatoms. The first-order valence-electron chi connectivity index (χ1n) is 9.12. The molecule has 0 spiro atoms. The van der Waals surface area contributed by atoms with E-state index in [0.29, 0.717) is 12.2 Å². The van der Waals surface area contributed by atoms with Crippen molar-refractivity contribution in [2.75, 3.05) is 6.54 Å². The molecule has 7 nitrogen and oxygen atoms in total. The van der Waals surface area contributed by atoms with E-state index in [1.54, 1.807) is 12.5 Å². The maximum absolute atomic E-state index is 13.4. The van der Waals surface area contributed by atoms with E-state index in [9.17, 15) is 4.79 Å². The zero-order chi connectivity index (χ0) is 17.5. The highest BCUT2D eigenvalue weighted by atomic mass is 16.2. The van der Waals surface area contributed by atoms with Crippen LogP contribution in [0.5, 0.6) is 0 Å². The van der Waals surface area contributed by atoms with Crippen LogP contribution < -0.4 is 0 Å². The number of imidazole rings is 1. The third-order valence-electron chi connectivity index (χ3n) is 5.44. The van der Waals surface area contributed by atoms with Crippen molar-refractivity contribution in [3.8, 4) is 0 Å². The zero-order valence-corrected chi connectivity index (χ0v) is 14.4. The minimum Gasteiger partial charge on any atom is -0.348 e. The average molecular weight is 348 g/mol. The molecule has 1 aliphatic heterocycles. The van der Waals surface area contributed by atoms with Gasteiger partial charge in [0.05, 0.1) is 12.0 Å². The van der Waals surface area contributed by atoms with Gasteiger partial charge in [-0.2, -0.15) is 5.10 Å². The summed E-state index contributed by atoms with van der Waals surface area (Å²) < 4.78 is 0. The second kappa shape index (κ2) is 6.09. The average Bonchev–Trinajstić information content (AvgIpc) is 3.34. The van der Waals surface area contributed by atoms with E-state index < -0.39 is 0 Å². The number of fused-ring (bicyclic) bond motifs is 2. The zero-order valence-electron chi connectivity index (χ0n) is 14.4. The number of rotatable bonds is 2. The maximum Gasteiger partial charge on any atom is 0.275 e. The third kappa shape index (κ3) is 2.34. The van der Waals surface area contributed by atoms with Crippen LogP contribution >= 0.6 is 0 Å². The molecule has 0 radical (unpaired) electrons. The van der Waals surface area contributed by atoms with E-state index in [2.05, 4.69) is 25.1 Å². The number of aryl methyl sites for hydroxylation is 1. The van der Waals surface area contributed by atoms with Gasteiger partial charge in [-0.05, 0) is 37.3 Å². The quantitative estimate of drug-likeness (QED) is 0.743. The van der Waals surface area contributed by atoms with Gasteiger partial charge < -0.3 is 9.88 Å². The van der Waals surface area contributed by atoms with Crippen LogP contribution in [0.3, 0.4) is 0 Å². The number of carbonyl (C=O) groups is 1. The van der Waals surface area contributed by atoms with Crippen LogP contribution in [0.1, 0.15) is 57.6 Å². The lowest BCUT2D eigenvalue weighted by Crippen LogP contribution is -2.41. The summed E-state index contributed by atoms with van der Waals surface area (Å²) in [6, 6.07) is 3.67. The van der Waals surface area contributed by atoms with Crippen molar-refractivity contribution in [1.82, 2.24) is 30.0 Å². The standard InChI is InChI=1S/C19H20N6O/c26-19(16-13-5-1-2-6-14(13)23-24-16)25-9-7-15-17(22-11-21-15)18(25)12-4-3-8-20-10-12/h3-4,8,10-11,18H,1-2,5-7,9H2,(H,21,22)(H,23,24)/t18-/m1/s1. The van der Waals surface area contributed by atoms with E-state index in [1.807, 2.05) is 23.2 Å². The molecule has 2 aliphatic rings. The fourth-order valence-electron chi connectivity index (χ4n) is 4.16. The van der Waals surface area contributed by atoms with E-state index in [1.165, 1.54) is 0 Å². The van der Waals surface area contributed by atoms with Crippen molar-refractivity contribution in [3.05, 3.63) is 64.8 Å². The molecule has 4 heterocycles. The molecule has 2 N–H and O–H groups in total. The number of hydrogen-bond acceptors (Lipinski definition) is 4. The monoisotopic (exact) mass is 348 g/mol. The van der Waals surface area contributed by atoms with Gasteiger partial charge in [0.2, 0.25) is 0 Å². The van der Waals surface area contributed by atoms with Gasteiger partial charge >= 0.3 is 0 Å². The van der Waals surface area contributed by atoms with E-state index in [0.717, 1.165) is 60.3 Å². The lowest BCUT2D eigenvalue weighted by Gasteiger charge is -2.35. The van der Waals surface area contributed by atoms with Crippen LogP contribution in [0.2, 0.25) is 0 Å². The van der Waals surface area contributed by atoms with Gasteiger partial charge in [0, 0.05) is 42.3 Å². The van der Waals surface area contributed by atoms with Crippen LogP contribution in [0.4, 0.5) is 0 Å². The molecule has 0 unspecified atom stereocenters. The Morgan fingerprint density at radius 1 is 1.19 bits per heavy atom. The van der Waals surface area contributed by atoms with Gasteiger partial charge in [0.15, 0.2) is 5.69 Å². The number of pyridine rings is 1. The van der Waals surface area contributed by atoms with Gasteiger partial charge in [-0.3, -0.25) is 14.9 Å². The summed E-state index contributed by atoms with van der Waals surface area (Å²) in [5.74, 6) is -0.0214. The van der Waals surface area contributed by atoms with Gasteiger partial charge in [-0.15, -0.1) is 0 Å². The number of aromatic amines is 2.